The first kappa shape index (κ1) is 69.0. The number of carbonyl (C=O) groups is 10. The van der Waals surface area contributed by atoms with Crippen molar-refractivity contribution in [1.29, 1.82) is 0 Å². The number of nitrogens with zero attached hydrogens (tertiary/aromatic N) is 7. The van der Waals surface area contributed by atoms with E-state index in [4.69, 9.17) is 19.5 Å². The van der Waals surface area contributed by atoms with Crippen LogP contribution in [0, 0.1) is 35.5 Å². The van der Waals surface area contributed by atoms with E-state index in [0.717, 1.165) is 82.7 Å². The smallest absolute Gasteiger partial charge is 0.307 e. The zero-order valence-electron chi connectivity index (χ0n) is 44.5. The number of ketones is 2. The number of hydroxylamine groups is 2. The summed E-state index contributed by atoms with van der Waals surface area (Å²) in [6.07, 6.45) is 8.32. The summed E-state index contributed by atoms with van der Waals surface area (Å²) in [7, 11) is 10.3. The predicted octanol–water partition coefficient (Wildman–Crippen LogP) is -1.37. The molecule has 0 saturated carbocycles. The van der Waals surface area contributed by atoms with E-state index in [1.165, 1.54) is 49.2 Å². The molecule has 7 atom stereocenters. The van der Waals surface area contributed by atoms with Crippen molar-refractivity contribution in [3.8, 4) is 0 Å². The normalized spacial score (nSPS) is 24.1. The van der Waals surface area contributed by atoms with Gasteiger partial charge in [0.05, 0.1) is 67.9 Å². The lowest BCUT2D eigenvalue weighted by molar-refractivity contribution is -0.172. The molecule has 75 heavy (non-hydrogen) atoms. The molecule has 1 amide bonds. The number of carboxylic acids is 1. The Morgan fingerprint density at radius 2 is 0.960 bits per heavy atom. The number of halogens is 2. The van der Waals surface area contributed by atoms with Gasteiger partial charge >= 0.3 is 5.97 Å². The van der Waals surface area contributed by atoms with E-state index >= 15 is 0 Å². The molecule has 410 valence electrons. The van der Waals surface area contributed by atoms with Crippen LogP contribution in [-0.4, -0.2) is 270 Å². The van der Waals surface area contributed by atoms with Crippen molar-refractivity contribution in [2.45, 2.75) is 71.2 Å². The van der Waals surface area contributed by atoms with Crippen LogP contribution in [0.2, 0.25) is 19.6 Å². The Labute approximate surface area is 447 Å². The lowest BCUT2D eigenvalue weighted by Crippen LogP contribution is -2.34. The number of aliphatic carboxylic acids is 1. The van der Waals surface area contributed by atoms with Crippen LogP contribution in [0.1, 0.15) is 45.4 Å². The fourth-order valence-corrected chi connectivity index (χ4v) is 9.67. The maximum atomic E-state index is 12.0. The van der Waals surface area contributed by atoms with Gasteiger partial charge in [0, 0.05) is 37.3 Å². The van der Waals surface area contributed by atoms with Crippen molar-refractivity contribution >= 4 is 113 Å². The SMILES string of the molecule is C=C(O[Si](C)(C)C)C1CCN([B]C=O)C1.CC(=O)C1CCN([B]C=O)C1.CON(C)C(=O)C1CCN([B]C=O)C1.O=C[B]N1CCC(C(=O)CF)C1.O=C[B]N1CCC(C(=O)O)C1.O=C[B]N1CCC(C(O)CF)C1. The van der Waals surface area contributed by atoms with E-state index in [2.05, 4.69) is 26.2 Å². The maximum absolute atomic E-state index is 12.0. The minimum Gasteiger partial charge on any atom is -0.548 e. The minimum atomic E-state index is -1.53. The molecule has 6 aliphatic rings. The molecule has 0 spiro atoms. The van der Waals surface area contributed by atoms with Gasteiger partial charge < -0.3 is 72.3 Å². The molecule has 0 bridgehead atoms. The molecule has 7 unspecified atom stereocenters. The standard InChI is InChI=1S/C10H19BNO2Si.C8H14BN2O3.C7H12BFNO2.C7H10BFNO2.C7H11BNO2.C6H9BNO3/c1-9(14-15(2,3)4)10-5-6-12(7-10)11-8-13;1-10(14-2)8(13)7-3-4-11(5-7)9-6-12;2*9-3-7(12)6-1-2-10(4-6)8-5-11;1-6(11)7-2-3-9(4-7)8-5-10;9-4-7-8-2-1-5(3-8)6(10)11/h8,10H,1,5-7H2,2-4H3;6-7H,3-5H2,1-2H3;5-7,12H,1-4H2;5-6H,1-4H2;5,7H,2-4H2,1H3;4-5H,1-3H2,(H,10,11). The third-order valence-electron chi connectivity index (χ3n) is 13.0. The molecule has 6 fully saturated rings. The van der Waals surface area contributed by atoms with Crippen LogP contribution >= 0.6 is 0 Å². The number of rotatable bonds is 23. The van der Waals surface area contributed by atoms with Crippen LogP contribution < -0.4 is 0 Å². The summed E-state index contributed by atoms with van der Waals surface area (Å²) >= 11 is 0. The summed E-state index contributed by atoms with van der Waals surface area (Å²) in [4.78, 5) is 120. The second-order valence-electron chi connectivity index (χ2n) is 19.6. The van der Waals surface area contributed by atoms with E-state index < -0.39 is 33.7 Å². The Hall–Kier alpha value is -4.01. The zero-order valence-corrected chi connectivity index (χ0v) is 45.5. The third kappa shape index (κ3) is 28.3. The van der Waals surface area contributed by atoms with Gasteiger partial charge in [0.25, 0.3) is 44.5 Å². The maximum Gasteiger partial charge on any atom is 0.307 e. The van der Waals surface area contributed by atoms with Crippen LogP contribution in [0.5, 0.6) is 0 Å². The van der Waals surface area contributed by atoms with Crippen molar-refractivity contribution in [1.82, 2.24) is 33.9 Å². The molecule has 2 N–H and O–H groups in total. The van der Waals surface area contributed by atoms with Gasteiger partial charge in [-0.3, -0.25) is 24.0 Å². The Balaban J connectivity index is 0.000000452. The molecular formula is C45H75B6F2N7O14Si. The number of aliphatic hydroxyl groups excluding tert-OH is 1. The van der Waals surface area contributed by atoms with Crippen molar-refractivity contribution in [2.24, 2.45) is 35.5 Å². The van der Waals surface area contributed by atoms with Gasteiger partial charge in [0.15, 0.2) is 5.78 Å². The summed E-state index contributed by atoms with van der Waals surface area (Å²) in [5, 5.41) is 18.9. The second-order valence-corrected chi connectivity index (χ2v) is 24.1. The Bertz CT molecular complexity index is 1770. The predicted molar refractivity (Wildman–Crippen MR) is 288 cm³/mol. The number of carbonyl (C=O) groups excluding carboxylic acids is 9. The van der Waals surface area contributed by atoms with Crippen LogP contribution in [-0.2, 0) is 57.2 Å². The van der Waals surface area contributed by atoms with Crippen LogP contribution in [0.4, 0.5) is 8.78 Å². The first-order chi connectivity index (χ1) is 35.6. The quantitative estimate of drug-likeness (QED) is 0.0519. The third-order valence-corrected chi connectivity index (χ3v) is 13.9. The number of Topliss-reactive ketones (excluding diaryl/α,β-unsaturated/α-hetero) is 2. The van der Waals surface area contributed by atoms with E-state index in [-0.39, 0.29) is 47.1 Å². The molecule has 6 saturated heterocycles. The highest BCUT2D eigenvalue weighted by Crippen LogP contribution is 2.25. The zero-order chi connectivity index (χ0) is 56.5. The van der Waals surface area contributed by atoms with Crippen molar-refractivity contribution in [2.75, 3.05) is 106 Å². The molecule has 6 aliphatic heterocycles. The number of hydrogen-bond donors (Lipinski definition) is 2. The summed E-state index contributed by atoms with van der Waals surface area (Å²) in [6.45, 7) is 18.8. The lowest BCUT2D eigenvalue weighted by atomic mass is 9.95. The average molecular weight is 1070 g/mol. The highest BCUT2D eigenvalue weighted by Gasteiger charge is 2.33. The molecule has 6 radical (unpaired) electrons. The largest absolute Gasteiger partial charge is 0.548 e. The van der Waals surface area contributed by atoms with E-state index in [0.29, 0.717) is 83.1 Å². The number of hydrogen-bond acceptors (Lipinski definition) is 19. The Kier molecular flexibility index (Phi) is 35.4. The van der Waals surface area contributed by atoms with Crippen LogP contribution in [0.15, 0.2) is 12.3 Å². The van der Waals surface area contributed by atoms with Gasteiger partial charge in [-0.25, -0.2) is 13.8 Å². The molecule has 0 aromatic carbocycles. The summed E-state index contributed by atoms with van der Waals surface area (Å²) in [5.74, 6) is -0.0977. The molecule has 6 heterocycles. The molecule has 21 nitrogen and oxygen atoms in total. The van der Waals surface area contributed by atoms with Crippen molar-refractivity contribution in [3.63, 3.8) is 0 Å². The average Bonchev–Trinajstić information content (AvgIpc) is 4.25. The van der Waals surface area contributed by atoms with Gasteiger partial charge in [-0.1, -0.05) is 6.58 Å². The number of alkyl halides is 2. The number of carboxylic acid groups (broad SMARTS) is 1. The minimum absolute atomic E-state index is 0.0220. The topological polar surface area (TPSA) is 252 Å². The monoisotopic (exact) mass is 1070 g/mol. The molecule has 6 rings (SSSR count). The first-order valence-corrected chi connectivity index (χ1v) is 28.5. The van der Waals surface area contributed by atoms with Crippen molar-refractivity contribution < 1.29 is 76.2 Å². The number of amides is 1. The van der Waals surface area contributed by atoms with E-state index in [1.807, 2.05) is 14.4 Å². The van der Waals surface area contributed by atoms with E-state index in [9.17, 15) is 56.7 Å². The first-order valence-electron chi connectivity index (χ1n) is 25.1. The van der Waals surface area contributed by atoms with Gasteiger partial charge in [-0.2, -0.15) is 0 Å². The van der Waals surface area contributed by atoms with Gasteiger partial charge in [0.2, 0.25) is 14.2 Å². The Morgan fingerprint density at radius 1 is 0.613 bits per heavy atom. The summed E-state index contributed by atoms with van der Waals surface area (Å²) in [6, 6.07) is 0. The van der Waals surface area contributed by atoms with Gasteiger partial charge in [0.1, 0.15) is 19.1 Å². The highest BCUT2D eigenvalue weighted by molar-refractivity contribution is 6.70. The van der Waals surface area contributed by atoms with E-state index in [1.54, 1.807) is 35.8 Å². The number of aliphatic hydroxyl groups is 1. The lowest BCUT2D eigenvalue weighted by Gasteiger charge is -2.24. The molecular weight excluding hydrogens is 993 g/mol. The van der Waals surface area contributed by atoms with Gasteiger partial charge in [-0.05, 0) is 137 Å². The molecule has 0 aromatic rings. The molecule has 30 heteroatoms. The highest BCUT2D eigenvalue weighted by atomic mass is 28.4. The second kappa shape index (κ2) is 38.5. The Morgan fingerprint density at radius 3 is 1.32 bits per heavy atom. The fraction of sp³-hybridized carbons (Fsp3) is 0.733. The molecule has 0 aliphatic carbocycles. The summed E-state index contributed by atoms with van der Waals surface area (Å²) in [5.41, 5.74) is 0. The molecule has 0 aromatic heterocycles. The van der Waals surface area contributed by atoms with Gasteiger partial charge in [-0.15, -0.1) is 0 Å². The fourth-order valence-electron chi connectivity index (χ4n) is 8.71. The van der Waals surface area contributed by atoms with Crippen molar-refractivity contribution in [3.05, 3.63) is 12.3 Å². The van der Waals surface area contributed by atoms with Crippen LogP contribution in [0.3, 0.4) is 0 Å². The summed E-state index contributed by atoms with van der Waals surface area (Å²) < 4.78 is 29.8. The van der Waals surface area contributed by atoms with Crippen LogP contribution in [0.25, 0.3) is 0 Å².